The molecule has 0 aliphatic carbocycles. The minimum atomic E-state index is -5.28. The lowest BCUT2D eigenvalue weighted by Crippen LogP contribution is -2.26. The molecule has 1 rings (SSSR count). The Kier molecular flexibility index (Phi) is 5.04. The summed E-state index contributed by atoms with van der Waals surface area (Å²) >= 11 is 0. The second-order valence-corrected chi connectivity index (χ2v) is 6.57. The van der Waals surface area contributed by atoms with E-state index in [1.54, 1.807) is 11.9 Å². The molecule has 0 aromatic heterocycles. The first kappa shape index (κ1) is 16.8. The summed E-state index contributed by atoms with van der Waals surface area (Å²) in [6.07, 6.45) is 0.721. The standard InChI is InChI=1S/C12H17F3N2O2S/c1-9(16)7-8-17(2)10-3-5-11(6-4-10)20(18,19)12(13,14)15/h3-6,9H,7-8,16H2,1-2H3. The van der Waals surface area contributed by atoms with Gasteiger partial charge in [-0.1, -0.05) is 0 Å². The van der Waals surface area contributed by atoms with Crippen LogP contribution in [0.4, 0.5) is 18.9 Å². The summed E-state index contributed by atoms with van der Waals surface area (Å²) in [4.78, 5) is 1.04. The van der Waals surface area contributed by atoms with Gasteiger partial charge in [0.15, 0.2) is 0 Å². The number of nitrogens with two attached hydrogens (primary N) is 1. The van der Waals surface area contributed by atoms with E-state index in [0.717, 1.165) is 18.6 Å². The first-order valence-electron chi connectivity index (χ1n) is 5.94. The van der Waals surface area contributed by atoms with E-state index in [0.29, 0.717) is 12.2 Å². The molecule has 1 aromatic rings. The Bertz CT molecular complexity index is 539. The number of rotatable bonds is 5. The Morgan fingerprint density at radius 3 is 2.15 bits per heavy atom. The molecule has 0 radical (unpaired) electrons. The minimum Gasteiger partial charge on any atom is -0.375 e. The summed E-state index contributed by atoms with van der Waals surface area (Å²) in [6.45, 7) is 2.48. The van der Waals surface area contributed by atoms with Gasteiger partial charge in [0.1, 0.15) is 0 Å². The molecule has 0 saturated carbocycles. The van der Waals surface area contributed by atoms with E-state index in [1.807, 2.05) is 6.92 Å². The lowest BCUT2D eigenvalue weighted by Gasteiger charge is -2.20. The summed E-state index contributed by atoms with van der Waals surface area (Å²) in [5, 5.41) is 0. The van der Waals surface area contributed by atoms with Crippen LogP contribution in [0, 0.1) is 0 Å². The summed E-state index contributed by atoms with van der Waals surface area (Å²) in [6, 6.07) is 4.63. The van der Waals surface area contributed by atoms with Crippen molar-refractivity contribution in [3.8, 4) is 0 Å². The van der Waals surface area contributed by atoms with Crippen molar-refractivity contribution in [2.45, 2.75) is 29.8 Å². The molecule has 2 N–H and O–H groups in total. The van der Waals surface area contributed by atoms with Crippen LogP contribution >= 0.6 is 0 Å². The number of hydrogen-bond acceptors (Lipinski definition) is 4. The second kappa shape index (κ2) is 6.01. The Balaban J connectivity index is 2.90. The maximum atomic E-state index is 12.4. The Morgan fingerprint density at radius 1 is 1.25 bits per heavy atom. The third-order valence-electron chi connectivity index (χ3n) is 2.81. The quantitative estimate of drug-likeness (QED) is 0.905. The van der Waals surface area contributed by atoms with E-state index >= 15 is 0 Å². The van der Waals surface area contributed by atoms with Crippen molar-refractivity contribution < 1.29 is 21.6 Å². The fourth-order valence-electron chi connectivity index (χ4n) is 1.54. The van der Waals surface area contributed by atoms with Crippen LogP contribution in [-0.4, -0.2) is 33.6 Å². The van der Waals surface area contributed by atoms with E-state index in [2.05, 4.69) is 0 Å². The predicted octanol–water partition coefficient (Wildman–Crippen LogP) is 2.15. The lowest BCUT2D eigenvalue weighted by atomic mass is 10.2. The maximum Gasteiger partial charge on any atom is 0.501 e. The van der Waals surface area contributed by atoms with Crippen molar-refractivity contribution in [2.75, 3.05) is 18.5 Å². The molecule has 0 aliphatic heterocycles. The number of benzene rings is 1. The third kappa shape index (κ3) is 3.86. The van der Waals surface area contributed by atoms with Crippen LogP contribution in [0.2, 0.25) is 0 Å². The number of hydrogen-bond donors (Lipinski definition) is 1. The highest BCUT2D eigenvalue weighted by molar-refractivity contribution is 7.92. The summed E-state index contributed by atoms with van der Waals surface area (Å²) in [5.41, 5.74) is 0.966. The summed E-state index contributed by atoms with van der Waals surface area (Å²) in [7, 11) is -3.52. The zero-order valence-electron chi connectivity index (χ0n) is 11.2. The second-order valence-electron chi connectivity index (χ2n) is 4.63. The number of alkyl halides is 3. The van der Waals surface area contributed by atoms with Crippen LogP contribution in [0.3, 0.4) is 0 Å². The minimum absolute atomic E-state index is 0.0160. The Hall–Kier alpha value is -1.28. The molecule has 1 atom stereocenters. The van der Waals surface area contributed by atoms with Gasteiger partial charge in [-0.25, -0.2) is 8.42 Å². The van der Waals surface area contributed by atoms with E-state index in [1.165, 1.54) is 12.1 Å². The van der Waals surface area contributed by atoms with Gasteiger partial charge in [-0.2, -0.15) is 13.2 Å². The fourth-order valence-corrected chi connectivity index (χ4v) is 2.30. The molecule has 0 aliphatic rings. The van der Waals surface area contributed by atoms with Gasteiger partial charge in [0.2, 0.25) is 0 Å². The fraction of sp³-hybridized carbons (Fsp3) is 0.500. The molecule has 0 bridgehead atoms. The molecule has 0 amide bonds. The molecule has 1 unspecified atom stereocenters. The van der Waals surface area contributed by atoms with Crippen molar-refractivity contribution in [2.24, 2.45) is 5.73 Å². The Morgan fingerprint density at radius 2 is 1.75 bits per heavy atom. The van der Waals surface area contributed by atoms with Crippen LogP contribution < -0.4 is 10.6 Å². The smallest absolute Gasteiger partial charge is 0.375 e. The number of anilines is 1. The van der Waals surface area contributed by atoms with Gasteiger partial charge in [-0.05, 0) is 37.6 Å². The van der Waals surface area contributed by atoms with Gasteiger partial charge in [-0.3, -0.25) is 0 Å². The molecule has 1 aromatic carbocycles. The molecule has 0 spiro atoms. The SMILES string of the molecule is CC(N)CCN(C)c1ccc(S(=O)(=O)C(F)(F)F)cc1. The van der Waals surface area contributed by atoms with Crippen LogP contribution in [0.25, 0.3) is 0 Å². The van der Waals surface area contributed by atoms with Crippen LogP contribution in [0.15, 0.2) is 29.2 Å². The first-order chi connectivity index (χ1) is 9.05. The molecule has 20 heavy (non-hydrogen) atoms. The molecule has 0 saturated heterocycles. The Labute approximate surface area is 116 Å². The molecule has 8 heteroatoms. The highest BCUT2D eigenvalue weighted by Crippen LogP contribution is 2.31. The molecular weight excluding hydrogens is 293 g/mol. The maximum absolute atomic E-state index is 12.4. The van der Waals surface area contributed by atoms with Crippen LogP contribution in [0.1, 0.15) is 13.3 Å². The van der Waals surface area contributed by atoms with Gasteiger partial charge >= 0.3 is 5.51 Å². The van der Waals surface area contributed by atoms with E-state index in [-0.39, 0.29) is 6.04 Å². The topological polar surface area (TPSA) is 63.4 Å². The van der Waals surface area contributed by atoms with E-state index in [9.17, 15) is 21.6 Å². The van der Waals surface area contributed by atoms with Gasteiger partial charge in [0.25, 0.3) is 9.84 Å². The van der Waals surface area contributed by atoms with E-state index < -0.39 is 20.2 Å². The molecule has 4 nitrogen and oxygen atoms in total. The molecule has 114 valence electrons. The lowest BCUT2D eigenvalue weighted by molar-refractivity contribution is -0.0436. The van der Waals surface area contributed by atoms with Crippen molar-refractivity contribution in [3.05, 3.63) is 24.3 Å². The van der Waals surface area contributed by atoms with Crippen molar-refractivity contribution in [1.82, 2.24) is 0 Å². The zero-order chi connectivity index (χ0) is 15.6. The van der Waals surface area contributed by atoms with Gasteiger partial charge < -0.3 is 10.6 Å². The van der Waals surface area contributed by atoms with E-state index in [4.69, 9.17) is 5.73 Å². The highest BCUT2D eigenvalue weighted by atomic mass is 32.2. The zero-order valence-corrected chi connectivity index (χ0v) is 12.0. The predicted molar refractivity (Wildman–Crippen MR) is 71.2 cm³/mol. The monoisotopic (exact) mass is 310 g/mol. The first-order valence-corrected chi connectivity index (χ1v) is 7.42. The van der Waals surface area contributed by atoms with Crippen LogP contribution in [0.5, 0.6) is 0 Å². The number of nitrogens with zero attached hydrogens (tertiary/aromatic N) is 1. The average molecular weight is 310 g/mol. The highest BCUT2D eigenvalue weighted by Gasteiger charge is 2.46. The van der Waals surface area contributed by atoms with Crippen molar-refractivity contribution in [3.63, 3.8) is 0 Å². The van der Waals surface area contributed by atoms with Gasteiger partial charge in [0.05, 0.1) is 4.90 Å². The average Bonchev–Trinajstić information content (AvgIpc) is 2.34. The van der Waals surface area contributed by atoms with Crippen LogP contribution in [-0.2, 0) is 9.84 Å². The van der Waals surface area contributed by atoms with Crippen molar-refractivity contribution in [1.29, 1.82) is 0 Å². The van der Waals surface area contributed by atoms with Crippen molar-refractivity contribution >= 4 is 15.5 Å². The third-order valence-corrected chi connectivity index (χ3v) is 4.31. The summed E-state index contributed by atoms with van der Waals surface area (Å²) < 4.78 is 59.5. The molecule has 0 fully saturated rings. The normalized spacial score (nSPS) is 14.1. The molecular formula is C12H17F3N2O2S. The van der Waals surface area contributed by atoms with Gasteiger partial charge in [0, 0.05) is 25.3 Å². The number of halogens is 3. The summed E-state index contributed by atoms with van der Waals surface area (Å²) in [5.74, 6) is 0. The number of sulfone groups is 1. The largest absolute Gasteiger partial charge is 0.501 e. The molecule has 0 heterocycles. The van der Waals surface area contributed by atoms with Gasteiger partial charge in [-0.15, -0.1) is 0 Å².